The number of nitrogens with two attached hydrogens (primary N) is 1. The zero-order valence-corrected chi connectivity index (χ0v) is 11.1. The molecule has 0 amide bonds. The van der Waals surface area contributed by atoms with Crippen molar-refractivity contribution in [3.05, 3.63) is 10.7 Å². The Bertz CT molecular complexity index is 345. The van der Waals surface area contributed by atoms with Gasteiger partial charge in [0.05, 0.1) is 0 Å². The largest absolute Gasteiger partial charge is 0.383 e. The van der Waals surface area contributed by atoms with E-state index in [9.17, 15) is 0 Å². The lowest BCUT2D eigenvalue weighted by Gasteiger charge is -2.31. The highest BCUT2D eigenvalue weighted by Crippen LogP contribution is 2.28. The maximum absolute atomic E-state index is 5.72. The van der Waals surface area contributed by atoms with Crippen LogP contribution in [0.4, 0.5) is 11.8 Å². The van der Waals surface area contributed by atoms with Gasteiger partial charge >= 0.3 is 0 Å². The Morgan fingerprint density at radius 2 is 2.25 bits per heavy atom. The molecule has 1 heterocycles. The maximum atomic E-state index is 5.72. The van der Waals surface area contributed by atoms with Crippen LogP contribution >= 0.6 is 15.9 Å². The zero-order chi connectivity index (χ0) is 11.5. The monoisotopic (exact) mass is 284 g/mol. The van der Waals surface area contributed by atoms with Crippen molar-refractivity contribution >= 4 is 27.7 Å². The molecule has 0 saturated heterocycles. The SMILES string of the molecule is CCN(CC1CCC1)c1nc(N)cc(Br)n1. The fourth-order valence-corrected chi connectivity index (χ4v) is 2.30. The number of anilines is 2. The van der Waals surface area contributed by atoms with E-state index in [1.54, 1.807) is 6.07 Å². The normalized spacial score (nSPS) is 15.9. The van der Waals surface area contributed by atoms with Gasteiger partial charge in [0.15, 0.2) is 0 Å². The highest BCUT2D eigenvalue weighted by Gasteiger charge is 2.21. The molecule has 0 spiro atoms. The molecule has 2 N–H and O–H groups in total. The van der Waals surface area contributed by atoms with E-state index in [-0.39, 0.29) is 0 Å². The summed E-state index contributed by atoms with van der Waals surface area (Å²) >= 11 is 3.35. The first-order chi connectivity index (χ1) is 7.69. The van der Waals surface area contributed by atoms with Crippen molar-refractivity contribution in [1.82, 2.24) is 9.97 Å². The van der Waals surface area contributed by atoms with Gasteiger partial charge in [0.25, 0.3) is 0 Å². The maximum Gasteiger partial charge on any atom is 0.228 e. The Morgan fingerprint density at radius 3 is 2.75 bits per heavy atom. The average molecular weight is 285 g/mol. The highest BCUT2D eigenvalue weighted by atomic mass is 79.9. The van der Waals surface area contributed by atoms with Gasteiger partial charge in [-0.2, -0.15) is 4.98 Å². The quantitative estimate of drug-likeness (QED) is 0.863. The van der Waals surface area contributed by atoms with Gasteiger partial charge in [0, 0.05) is 19.2 Å². The van der Waals surface area contributed by atoms with Crippen LogP contribution in [-0.4, -0.2) is 23.1 Å². The molecule has 2 rings (SSSR count). The number of hydrogen-bond acceptors (Lipinski definition) is 4. The van der Waals surface area contributed by atoms with Crippen LogP contribution in [0.2, 0.25) is 0 Å². The molecule has 0 atom stereocenters. The second-order valence-electron chi connectivity index (χ2n) is 4.25. The minimum absolute atomic E-state index is 0.518. The Morgan fingerprint density at radius 1 is 1.50 bits per heavy atom. The van der Waals surface area contributed by atoms with Crippen molar-refractivity contribution in [3.8, 4) is 0 Å². The first-order valence-corrected chi connectivity index (χ1v) is 6.53. The van der Waals surface area contributed by atoms with Crippen molar-refractivity contribution in [1.29, 1.82) is 0 Å². The van der Waals surface area contributed by atoms with E-state index in [0.29, 0.717) is 5.82 Å². The van der Waals surface area contributed by atoms with Crippen molar-refractivity contribution in [2.75, 3.05) is 23.7 Å². The number of halogens is 1. The smallest absolute Gasteiger partial charge is 0.228 e. The van der Waals surface area contributed by atoms with Crippen LogP contribution in [-0.2, 0) is 0 Å². The number of rotatable bonds is 4. The minimum atomic E-state index is 0.518. The molecular formula is C11H17BrN4. The summed E-state index contributed by atoms with van der Waals surface area (Å²) in [5.74, 6) is 2.06. The van der Waals surface area contributed by atoms with E-state index >= 15 is 0 Å². The van der Waals surface area contributed by atoms with E-state index in [2.05, 4.69) is 37.7 Å². The molecule has 1 aromatic rings. The molecule has 5 heteroatoms. The van der Waals surface area contributed by atoms with Crippen molar-refractivity contribution < 1.29 is 0 Å². The van der Waals surface area contributed by atoms with Gasteiger partial charge in [-0.1, -0.05) is 6.42 Å². The Hall–Kier alpha value is -0.840. The Kier molecular flexibility index (Phi) is 3.63. The van der Waals surface area contributed by atoms with E-state index in [0.717, 1.165) is 29.6 Å². The predicted molar refractivity (Wildman–Crippen MR) is 69.4 cm³/mol. The predicted octanol–water partition coefficient (Wildman–Crippen LogP) is 2.45. The van der Waals surface area contributed by atoms with Crippen LogP contribution in [0, 0.1) is 5.92 Å². The first kappa shape index (κ1) is 11.6. The third-order valence-corrected chi connectivity index (χ3v) is 3.48. The molecular weight excluding hydrogens is 268 g/mol. The zero-order valence-electron chi connectivity index (χ0n) is 9.49. The molecule has 1 aromatic heterocycles. The summed E-state index contributed by atoms with van der Waals surface area (Å²) in [6, 6.07) is 1.72. The van der Waals surface area contributed by atoms with Gasteiger partial charge in [-0.3, -0.25) is 0 Å². The molecule has 0 bridgehead atoms. The summed E-state index contributed by atoms with van der Waals surface area (Å²) in [7, 11) is 0. The molecule has 1 aliphatic rings. The third kappa shape index (κ3) is 2.64. The summed E-state index contributed by atoms with van der Waals surface area (Å²) in [6.07, 6.45) is 4.03. The highest BCUT2D eigenvalue weighted by molar-refractivity contribution is 9.10. The number of hydrogen-bond donors (Lipinski definition) is 1. The number of aromatic nitrogens is 2. The fraction of sp³-hybridized carbons (Fsp3) is 0.636. The second-order valence-corrected chi connectivity index (χ2v) is 5.06. The summed E-state index contributed by atoms with van der Waals surface area (Å²) in [4.78, 5) is 10.8. The molecule has 1 fully saturated rings. The first-order valence-electron chi connectivity index (χ1n) is 5.74. The van der Waals surface area contributed by atoms with Gasteiger partial charge in [-0.05, 0) is 41.6 Å². The van der Waals surface area contributed by atoms with Crippen LogP contribution in [0.15, 0.2) is 10.7 Å². The second kappa shape index (κ2) is 4.99. The molecule has 0 radical (unpaired) electrons. The van der Waals surface area contributed by atoms with Gasteiger partial charge in [-0.25, -0.2) is 4.98 Å². The molecule has 0 aromatic carbocycles. The Labute approximate surface area is 104 Å². The molecule has 1 aliphatic carbocycles. The van der Waals surface area contributed by atoms with Crippen molar-refractivity contribution in [2.24, 2.45) is 5.92 Å². The van der Waals surface area contributed by atoms with Crippen molar-refractivity contribution in [2.45, 2.75) is 26.2 Å². The van der Waals surface area contributed by atoms with E-state index < -0.39 is 0 Å². The molecule has 1 saturated carbocycles. The van der Waals surface area contributed by atoms with Gasteiger partial charge in [0.2, 0.25) is 5.95 Å². The molecule has 4 nitrogen and oxygen atoms in total. The van der Waals surface area contributed by atoms with Crippen LogP contribution in [0.1, 0.15) is 26.2 Å². The number of nitrogens with zero attached hydrogens (tertiary/aromatic N) is 3. The van der Waals surface area contributed by atoms with E-state index in [1.165, 1.54) is 19.3 Å². The third-order valence-electron chi connectivity index (χ3n) is 3.07. The van der Waals surface area contributed by atoms with Crippen LogP contribution < -0.4 is 10.6 Å². The standard InChI is InChI=1S/C11H17BrN4/c1-2-16(7-8-4-3-5-8)11-14-9(12)6-10(13)15-11/h6,8H,2-5,7H2,1H3,(H2,13,14,15). The summed E-state index contributed by atoms with van der Waals surface area (Å²) in [5, 5.41) is 0. The van der Waals surface area contributed by atoms with Crippen LogP contribution in [0.3, 0.4) is 0 Å². The molecule has 0 unspecified atom stereocenters. The average Bonchev–Trinajstić information content (AvgIpc) is 2.14. The lowest BCUT2D eigenvalue weighted by atomic mass is 9.85. The van der Waals surface area contributed by atoms with Crippen LogP contribution in [0.5, 0.6) is 0 Å². The summed E-state index contributed by atoms with van der Waals surface area (Å²) in [6.45, 7) is 4.10. The van der Waals surface area contributed by atoms with E-state index in [4.69, 9.17) is 5.73 Å². The van der Waals surface area contributed by atoms with Gasteiger partial charge in [0.1, 0.15) is 10.4 Å². The van der Waals surface area contributed by atoms with Crippen LogP contribution in [0.25, 0.3) is 0 Å². The summed E-state index contributed by atoms with van der Waals surface area (Å²) < 4.78 is 0.752. The minimum Gasteiger partial charge on any atom is -0.383 e. The van der Waals surface area contributed by atoms with E-state index in [1.807, 2.05) is 0 Å². The molecule has 88 valence electrons. The van der Waals surface area contributed by atoms with Gasteiger partial charge < -0.3 is 10.6 Å². The topological polar surface area (TPSA) is 55.0 Å². The summed E-state index contributed by atoms with van der Waals surface area (Å²) in [5.41, 5.74) is 5.72. The molecule has 16 heavy (non-hydrogen) atoms. The number of nitrogen functional groups attached to an aromatic ring is 1. The van der Waals surface area contributed by atoms with Crippen molar-refractivity contribution in [3.63, 3.8) is 0 Å². The lowest BCUT2D eigenvalue weighted by Crippen LogP contribution is -2.33. The lowest BCUT2D eigenvalue weighted by molar-refractivity contribution is 0.317. The molecule has 0 aliphatic heterocycles. The van der Waals surface area contributed by atoms with Gasteiger partial charge in [-0.15, -0.1) is 0 Å². The Balaban J connectivity index is 2.11. The fourth-order valence-electron chi connectivity index (χ4n) is 1.90.